The lowest BCUT2D eigenvalue weighted by molar-refractivity contribution is 0.626. The van der Waals surface area contributed by atoms with E-state index in [4.69, 9.17) is 11.6 Å². The van der Waals surface area contributed by atoms with Crippen molar-refractivity contribution in [1.29, 1.82) is 0 Å². The van der Waals surface area contributed by atoms with Crippen LogP contribution in [-0.2, 0) is 6.54 Å². The summed E-state index contributed by atoms with van der Waals surface area (Å²) in [7, 11) is 0. The lowest BCUT2D eigenvalue weighted by Gasteiger charge is -2.06. The van der Waals surface area contributed by atoms with Crippen molar-refractivity contribution in [3.63, 3.8) is 0 Å². The number of hydrogen-bond donors (Lipinski definition) is 1. The molecule has 0 spiro atoms. The smallest absolute Gasteiger partial charge is 0.142 e. The first kappa shape index (κ1) is 11.9. The topological polar surface area (TPSA) is 12.0 Å². The van der Waals surface area contributed by atoms with Gasteiger partial charge in [0.25, 0.3) is 0 Å². The fourth-order valence-electron chi connectivity index (χ4n) is 1.42. The van der Waals surface area contributed by atoms with Gasteiger partial charge in [-0.3, -0.25) is 0 Å². The monoisotopic (exact) mass is 253 g/mol. The molecule has 2 aromatic rings. The zero-order valence-electron chi connectivity index (χ0n) is 8.88. The normalized spacial score (nSPS) is 10.3. The van der Waals surface area contributed by atoms with Crippen LogP contribution in [0.4, 0.5) is 14.5 Å². The van der Waals surface area contributed by atoms with E-state index >= 15 is 0 Å². The van der Waals surface area contributed by atoms with E-state index in [0.29, 0.717) is 6.54 Å². The summed E-state index contributed by atoms with van der Waals surface area (Å²) in [5.74, 6) is -0.724. The van der Waals surface area contributed by atoms with Crippen LogP contribution in [0.5, 0.6) is 0 Å². The summed E-state index contributed by atoms with van der Waals surface area (Å²) in [4.78, 5) is 0. The maximum absolute atomic E-state index is 13.1. The summed E-state index contributed by atoms with van der Waals surface area (Å²) in [6.07, 6.45) is 0. The molecule has 0 heterocycles. The van der Waals surface area contributed by atoms with E-state index in [1.807, 2.05) is 0 Å². The summed E-state index contributed by atoms with van der Waals surface area (Å²) < 4.78 is 25.8. The standard InChI is InChI=1S/C13H10ClF2N/c14-12-6-1-9(7-13(12)16)8-17-11-4-2-10(15)3-5-11/h1-7,17H,8H2. The fourth-order valence-corrected chi connectivity index (χ4v) is 1.54. The molecule has 0 aliphatic heterocycles. The highest BCUT2D eigenvalue weighted by Gasteiger charge is 2.01. The minimum atomic E-state index is -0.440. The summed E-state index contributed by atoms with van der Waals surface area (Å²) in [5.41, 5.74) is 1.55. The molecule has 17 heavy (non-hydrogen) atoms. The van der Waals surface area contributed by atoms with Crippen LogP contribution in [-0.4, -0.2) is 0 Å². The van der Waals surface area contributed by atoms with Gasteiger partial charge >= 0.3 is 0 Å². The Morgan fingerprint density at radius 1 is 1.00 bits per heavy atom. The third-order valence-electron chi connectivity index (χ3n) is 2.32. The van der Waals surface area contributed by atoms with Crippen LogP contribution in [0.25, 0.3) is 0 Å². The average Bonchev–Trinajstić information content (AvgIpc) is 2.33. The SMILES string of the molecule is Fc1ccc(NCc2ccc(Cl)c(F)c2)cc1. The van der Waals surface area contributed by atoms with Crippen LogP contribution in [0, 0.1) is 11.6 Å². The number of halogens is 3. The summed E-state index contributed by atoms with van der Waals surface area (Å²) in [6.45, 7) is 0.458. The highest BCUT2D eigenvalue weighted by atomic mass is 35.5. The van der Waals surface area contributed by atoms with Crippen LogP contribution in [0.3, 0.4) is 0 Å². The van der Waals surface area contributed by atoms with E-state index in [1.54, 1.807) is 18.2 Å². The Morgan fingerprint density at radius 2 is 1.71 bits per heavy atom. The maximum atomic E-state index is 13.1. The van der Waals surface area contributed by atoms with Crippen molar-refractivity contribution < 1.29 is 8.78 Å². The lowest BCUT2D eigenvalue weighted by Crippen LogP contribution is -1.99. The first-order valence-electron chi connectivity index (χ1n) is 5.08. The molecule has 0 saturated heterocycles. The predicted octanol–water partition coefficient (Wildman–Crippen LogP) is 4.23. The Morgan fingerprint density at radius 3 is 2.35 bits per heavy atom. The molecule has 1 N–H and O–H groups in total. The number of hydrogen-bond acceptors (Lipinski definition) is 1. The second-order valence-corrected chi connectivity index (χ2v) is 4.02. The minimum Gasteiger partial charge on any atom is -0.381 e. The van der Waals surface area contributed by atoms with Gasteiger partial charge in [-0.1, -0.05) is 17.7 Å². The number of benzene rings is 2. The highest BCUT2D eigenvalue weighted by molar-refractivity contribution is 6.30. The van der Waals surface area contributed by atoms with Gasteiger partial charge in [-0.2, -0.15) is 0 Å². The van der Waals surface area contributed by atoms with Crippen molar-refractivity contribution in [2.24, 2.45) is 0 Å². The molecule has 0 unspecified atom stereocenters. The molecular weight excluding hydrogens is 244 g/mol. The van der Waals surface area contributed by atoms with Crippen LogP contribution >= 0.6 is 11.6 Å². The quantitative estimate of drug-likeness (QED) is 0.863. The van der Waals surface area contributed by atoms with Crippen LogP contribution < -0.4 is 5.32 Å². The summed E-state index contributed by atoms with van der Waals surface area (Å²) in [6, 6.07) is 10.6. The molecule has 2 aromatic carbocycles. The molecule has 2 rings (SSSR count). The summed E-state index contributed by atoms with van der Waals surface area (Å²) in [5, 5.41) is 3.17. The molecule has 0 bridgehead atoms. The molecule has 1 nitrogen and oxygen atoms in total. The van der Waals surface area contributed by atoms with Gasteiger partial charge in [0.15, 0.2) is 0 Å². The van der Waals surface area contributed by atoms with Gasteiger partial charge in [0.2, 0.25) is 0 Å². The molecule has 0 atom stereocenters. The van der Waals surface area contributed by atoms with E-state index in [0.717, 1.165) is 11.3 Å². The van der Waals surface area contributed by atoms with Gasteiger partial charge in [-0.25, -0.2) is 8.78 Å². The molecule has 4 heteroatoms. The van der Waals surface area contributed by atoms with E-state index in [-0.39, 0.29) is 10.8 Å². The van der Waals surface area contributed by atoms with Gasteiger partial charge in [0, 0.05) is 12.2 Å². The Hall–Kier alpha value is -1.61. The highest BCUT2D eigenvalue weighted by Crippen LogP contribution is 2.16. The van der Waals surface area contributed by atoms with Crippen molar-refractivity contribution in [3.8, 4) is 0 Å². The molecular formula is C13H10ClF2N. The molecule has 0 radical (unpaired) electrons. The zero-order valence-corrected chi connectivity index (χ0v) is 9.64. The second-order valence-electron chi connectivity index (χ2n) is 3.61. The van der Waals surface area contributed by atoms with Crippen LogP contribution in [0.2, 0.25) is 5.02 Å². The molecule has 0 aromatic heterocycles. The molecule has 0 amide bonds. The van der Waals surface area contributed by atoms with Crippen molar-refractivity contribution in [2.45, 2.75) is 6.54 Å². The van der Waals surface area contributed by atoms with Crippen molar-refractivity contribution in [2.75, 3.05) is 5.32 Å². The van der Waals surface area contributed by atoms with Crippen molar-refractivity contribution >= 4 is 17.3 Å². The van der Waals surface area contributed by atoms with Gasteiger partial charge in [0.05, 0.1) is 5.02 Å². The van der Waals surface area contributed by atoms with E-state index in [9.17, 15) is 8.78 Å². The lowest BCUT2D eigenvalue weighted by atomic mass is 10.2. The van der Waals surface area contributed by atoms with Crippen molar-refractivity contribution in [3.05, 3.63) is 64.7 Å². The van der Waals surface area contributed by atoms with Crippen LogP contribution in [0.1, 0.15) is 5.56 Å². The molecule has 0 aliphatic carbocycles. The predicted molar refractivity (Wildman–Crippen MR) is 65.1 cm³/mol. The van der Waals surface area contributed by atoms with E-state index in [2.05, 4.69) is 5.32 Å². The molecule has 0 fully saturated rings. The van der Waals surface area contributed by atoms with Crippen molar-refractivity contribution in [1.82, 2.24) is 0 Å². The second kappa shape index (κ2) is 5.15. The van der Waals surface area contributed by atoms with Crippen LogP contribution in [0.15, 0.2) is 42.5 Å². The van der Waals surface area contributed by atoms with Gasteiger partial charge in [-0.15, -0.1) is 0 Å². The van der Waals surface area contributed by atoms with Gasteiger partial charge in [0.1, 0.15) is 11.6 Å². The third-order valence-corrected chi connectivity index (χ3v) is 2.63. The third kappa shape index (κ3) is 3.17. The number of nitrogens with one attached hydrogen (secondary N) is 1. The largest absolute Gasteiger partial charge is 0.381 e. The van der Waals surface area contributed by atoms with Gasteiger partial charge < -0.3 is 5.32 Å². The number of anilines is 1. The first-order chi connectivity index (χ1) is 8.15. The Labute approximate surface area is 103 Å². The average molecular weight is 254 g/mol. The van der Waals surface area contributed by atoms with E-state index in [1.165, 1.54) is 24.3 Å². The van der Waals surface area contributed by atoms with Gasteiger partial charge in [-0.05, 0) is 42.0 Å². The maximum Gasteiger partial charge on any atom is 0.142 e. The minimum absolute atomic E-state index is 0.107. The van der Waals surface area contributed by atoms with E-state index < -0.39 is 5.82 Å². The first-order valence-corrected chi connectivity index (χ1v) is 5.46. The Balaban J connectivity index is 2.02. The molecule has 0 aliphatic rings. The molecule has 88 valence electrons. The fraction of sp³-hybridized carbons (Fsp3) is 0.0769. The number of rotatable bonds is 3. The Kier molecular flexibility index (Phi) is 3.59. The zero-order chi connectivity index (χ0) is 12.3. The summed E-state index contributed by atoms with van der Waals surface area (Å²) >= 11 is 5.58. The Bertz CT molecular complexity index is 511. The molecule has 0 saturated carbocycles.